The Bertz CT molecular complexity index is 213. The fraction of sp³-hybridized carbons (Fsp3) is 0.333. The minimum Gasteiger partial charge on any atom is -0.484 e. The van der Waals surface area contributed by atoms with E-state index in [1.54, 1.807) is 0 Å². The van der Waals surface area contributed by atoms with Gasteiger partial charge in [-0.25, -0.2) is 0 Å². The predicted molar refractivity (Wildman–Crippen MR) is 42.2 cm³/mol. The Morgan fingerprint density at radius 2 is 2.08 bits per heavy atom. The van der Waals surface area contributed by atoms with Crippen LogP contribution in [0.2, 0.25) is 0 Å². The summed E-state index contributed by atoms with van der Waals surface area (Å²) in [5.41, 5.74) is 0. The largest absolute Gasteiger partial charge is 0.709 e. The van der Waals surface area contributed by atoms with Crippen molar-refractivity contribution in [1.29, 1.82) is 0 Å². The van der Waals surface area contributed by atoms with Crippen LogP contribution in [-0.2, 0) is 14.2 Å². The van der Waals surface area contributed by atoms with Crippen molar-refractivity contribution < 1.29 is 29.4 Å². The predicted octanol–water partition coefficient (Wildman–Crippen LogP) is -1.22. The first-order valence-electron chi connectivity index (χ1n) is 3.39. The van der Waals surface area contributed by atoms with E-state index in [1.165, 1.54) is 6.08 Å². The molecular weight excluding hydrogens is 179 g/mol. The lowest BCUT2D eigenvalue weighted by atomic mass is 10.1. The van der Waals surface area contributed by atoms with Crippen LogP contribution in [0.5, 0.6) is 0 Å². The molecule has 0 aliphatic carbocycles. The van der Waals surface area contributed by atoms with Crippen LogP contribution in [0.15, 0.2) is 12.7 Å². The number of allylic oxidation sites excluding steroid dienone is 1. The summed E-state index contributed by atoms with van der Waals surface area (Å²) in [5, 5.41) is 24.9. The van der Waals surface area contributed by atoms with E-state index in [4.69, 9.17) is 15.2 Å². The van der Waals surface area contributed by atoms with Gasteiger partial charge in [0, 0.05) is 0 Å². The Kier molecular flexibility index (Phi) is 4.79. The van der Waals surface area contributed by atoms with Gasteiger partial charge < -0.3 is 19.8 Å². The number of carboxylic acids is 1. The number of carbonyl (C=O) groups excluding carboxylic acids is 1. The van der Waals surface area contributed by atoms with E-state index in [1.807, 2.05) is 0 Å². The molecule has 0 fully saturated rings. The lowest BCUT2D eigenvalue weighted by Gasteiger charge is -2.08. The average molecular weight is 188 g/mol. The third kappa shape index (κ3) is 4.29. The maximum absolute atomic E-state index is 10.8. The van der Waals surface area contributed by atoms with Gasteiger partial charge in [-0.1, -0.05) is 6.08 Å². The van der Waals surface area contributed by atoms with E-state index in [0.717, 1.165) is 0 Å². The molecule has 0 amide bonds. The number of aliphatic carboxylic acids is 1. The molecule has 0 aliphatic heterocycles. The zero-order valence-corrected chi connectivity index (χ0v) is 6.71. The van der Waals surface area contributed by atoms with E-state index in [2.05, 4.69) is 11.2 Å². The van der Waals surface area contributed by atoms with Crippen LogP contribution in [0.3, 0.4) is 0 Å². The molecule has 0 aromatic heterocycles. The molecule has 0 bridgehead atoms. The first kappa shape index (κ1) is 11.7. The molecule has 0 rings (SSSR count). The average Bonchev–Trinajstić information content (AvgIpc) is 1.97. The summed E-state index contributed by atoms with van der Waals surface area (Å²) in [6.45, 7) is 3.25. The van der Waals surface area contributed by atoms with Crippen molar-refractivity contribution in [3.05, 3.63) is 12.7 Å². The Morgan fingerprint density at radius 3 is 2.38 bits per heavy atom. The second-order valence-corrected chi connectivity index (χ2v) is 2.18. The number of hydrogen-bond acceptors (Lipinski definition) is 5. The van der Waals surface area contributed by atoms with Gasteiger partial charge in [-0.05, 0) is 6.42 Å². The third-order valence-electron chi connectivity index (χ3n) is 1.21. The summed E-state index contributed by atoms with van der Waals surface area (Å²) in [6.07, 6.45) is 1.10. The highest BCUT2D eigenvalue weighted by atomic mass is 16.6. The Balaban J connectivity index is 4.28. The van der Waals surface area contributed by atoms with Crippen molar-refractivity contribution >= 4 is 19.3 Å². The van der Waals surface area contributed by atoms with Gasteiger partial charge in [0.25, 0.3) is 0 Å². The van der Waals surface area contributed by atoms with Gasteiger partial charge in [-0.2, -0.15) is 0 Å². The molecule has 0 saturated heterocycles. The molecule has 7 heteroatoms. The normalized spacial score (nSPS) is 11.5. The van der Waals surface area contributed by atoms with Gasteiger partial charge >= 0.3 is 19.3 Å². The standard InChI is InChI=1S/C6H9BO6/c1-2-3-4(5(8)9)6(10)13-7(11)12/h2,4,11-12H,1,3H2,(H,8,9). The number of rotatable bonds is 5. The highest BCUT2D eigenvalue weighted by Gasteiger charge is 2.29. The van der Waals surface area contributed by atoms with E-state index in [-0.39, 0.29) is 6.42 Å². The van der Waals surface area contributed by atoms with Crippen LogP contribution in [0.1, 0.15) is 6.42 Å². The Labute approximate surface area is 74.6 Å². The highest BCUT2D eigenvalue weighted by molar-refractivity contribution is 6.36. The van der Waals surface area contributed by atoms with Crippen molar-refractivity contribution in [3.8, 4) is 0 Å². The summed E-state index contributed by atoms with van der Waals surface area (Å²) in [5.74, 6) is -4.05. The van der Waals surface area contributed by atoms with Gasteiger partial charge in [0.05, 0.1) is 0 Å². The van der Waals surface area contributed by atoms with Gasteiger partial charge in [0.15, 0.2) is 5.92 Å². The minimum atomic E-state index is -2.29. The molecule has 0 spiro atoms. The van der Waals surface area contributed by atoms with E-state index >= 15 is 0 Å². The molecule has 1 unspecified atom stereocenters. The molecule has 0 saturated carbocycles. The third-order valence-corrected chi connectivity index (χ3v) is 1.21. The second-order valence-electron chi connectivity index (χ2n) is 2.18. The smallest absolute Gasteiger partial charge is 0.484 e. The summed E-state index contributed by atoms with van der Waals surface area (Å²) < 4.78 is 3.87. The van der Waals surface area contributed by atoms with Crippen molar-refractivity contribution in [1.82, 2.24) is 0 Å². The molecule has 6 nitrogen and oxygen atoms in total. The number of carboxylic acid groups (broad SMARTS) is 1. The number of hydrogen-bond donors (Lipinski definition) is 3. The molecule has 0 heterocycles. The van der Waals surface area contributed by atoms with Gasteiger partial charge in [-0.3, -0.25) is 9.59 Å². The van der Waals surface area contributed by atoms with Crippen LogP contribution in [0, 0.1) is 5.92 Å². The van der Waals surface area contributed by atoms with Gasteiger partial charge in [-0.15, -0.1) is 6.58 Å². The fourth-order valence-corrected chi connectivity index (χ4v) is 0.651. The molecule has 13 heavy (non-hydrogen) atoms. The summed E-state index contributed by atoms with van der Waals surface area (Å²) >= 11 is 0. The Hall–Kier alpha value is -1.34. The van der Waals surface area contributed by atoms with Crippen LogP contribution < -0.4 is 0 Å². The van der Waals surface area contributed by atoms with Crippen LogP contribution >= 0.6 is 0 Å². The number of carbonyl (C=O) groups is 2. The molecule has 0 aromatic rings. The first-order chi connectivity index (χ1) is 5.99. The zero-order valence-electron chi connectivity index (χ0n) is 6.71. The van der Waals surface area contributed by atoms with Crippen molar-refractivity contribution in [2.45, 2.75) is 6.42 Å². The molecule has 0 radical (unpaired) electrons. The SMILES string of the molecule is C=CCC(C(=O)O)C(=O)OB(O)O. The van der Waals surface area contributed by atoms with Gasteiger partial charge in [0.2, 0.25) is 0 Å². The highest BCUT2D eigenvalue weighted by Crippen LogP contribution is 2.06. The topological polar surface area (TPSA) is 104 Å². The quantitative estimate of drug-likeness (QED) is 0.283. The maximum Gasteiger partial charge on any atom is 0.709 e. The summed E-state index contributed by atoms with van der Waals surface area (Å²) in [7, 11) is -2.29. The fourth-order valence-electron chi connectivity index (χ4n) is 0.651. The minimum absolute atomic E-state index is 0.124. The molecule has 0 aromatic carbocycles. The van der Waals surface area contributed by atoms with Gasteiger partial charge in [0.1, 0.15) is 0 Å². The van der Waals surface area contributed by atoms with Crippen LogP contribution in [-0.4, -0.2) is 34.4 Å². The lowest BCUT2D eigenvalue weighted by Crippen LogP contribution is -2.31. The van der Waals surface area contributed by atoms with Crippen LogP contribution in [0.4, 0.5) is 0 Å². The molecule has 0 aliphatic rings. The monoisotopic (exact) mass is 188 g/mol. The van der Waals surface area contributed by atoms with E-state index in [0.29, 0.717) is 0 Å². The molecule has 72 valence electrons. The van der Waals surface area contributed by atoms with E-state index < -0.39 is 25.2 Å². The summed E-state index contributed by atoms with van der Waals surface area (Å²) in [6, 6.07) is 0. The Morgan fingerprint density at radius 1 is 1.54 bits per heavy atom. The molecule has 3 N–H and O–H groups in total. The zero-order chi connectivity index (χ0) is 10.4. The maximum atomic E-state index is 10.8. The first-order valence-corrected chi connectivity index (χ1v) is 3.39. The van der Waals surface area contributed by atoms with Crippen molar-refractivity contribution in [2.75, 3.05) is 0 Å². The molecule has 1 atom stereocenters. The van der Waals surface area contributed by atoms with Crippen LogP contribution in [0.25, 0.3) is 0 Å². The summed E-state index contributed by atoms with van der Waals surface area (Å²) in [4.78, 5) is 21.2. The van der Waals surface area contributed by atoms with Crippen molar-refractivity contribution in [3.63, 3.8) is 0 Å². The second kappa shape index (κ2) is 5.34. The van der Waals surface area contributed by atoms with E-state index in [9.17, 15) is 9.59 Å². The molecular formula is C6H9BO6. The van der Waals surface area contributed by atoms with Crippen molar-refractivity contribution in [2.24, 2.45) is 5.92 Å². The lowest BCUT2D eigenvalue weighted by molar-refractivity contribution is -0.154.